The third-order valence-electron chi connectivity index (χ3n) is 4.53. The summed E-state index contributed by atoms with van der Waals surface area (Å²) in [5, 5.41) is 0. The molecule has 4 nitrogen and oxygen atoms in total. The van der Waals surface area contributed by atoms with Gasteiger partial charge in [-0.3, -0.25) is 4.79 Å². The van der Waals surface area contributed by atoms with Crippen molar-refractivity contribution >= 4 is 5.78 Å². The average Bonchev–Trinajstić information content (AvgIpc) is 2.61. The fourth-order valence-electron chi connectivity index (χ4n) is 3.21. The minimum Gasteiger partial charge on any atom is -0.493 e. The highest BCUT2D eigenvalue weighted by molar-refractivity contribution is 5.99. The van der Waals surface area contributed by atoms with Crippen LogP contribution in [0, 0.1) is 0 Å². The minimum absolute atomic E-state index is 0.0742. The number of hydrogen-bond acceptors (Lipinski definition) is 4. The maximum Gasteiger partial charge on any atom is 0.228 e. The number of nitrogens with zero attached hydrogens (tertiary/aromatic N) is 1. The molecule has 0 fully saturated rings. The van der Waals surface area contributed by atoms with E-state index in [-0.39, 0.29) is 5.78 Å². The molecule has 1 aromatic carbocycles. The van der Waals surface area contributed by atoms with Gasteiger partial charge < -0.3 is 9.47 Å². The van der Waals surface area contributed by atoms with Crippen LogP contribution in [-0.2, 0) is 12.8 Å². The maximum atomic E-state index is 12.0. The number of ketones is 1. The summed E-state index contributed by atoms with van der Waals surface area (Å²) in [7, 11) is 0. The van der Waals surface area contributed by atoms with Crippen LogP contribution >= 0.6 is 0 Å². The number of benzene rings is 1. The molecule has 0 N–H and O–H groups in total. The molecular formula is C21H25NO3. The number of aryl methyl sites for hydroxylation is 2. The third-order valence-corrected chi connectivity index (χ3v) is 4.53. The fraction of sp³-hybridized carbons (Fsp3) is 0.429. The van der Waals surface area contributed by atoms with Gasteiger partial charge in [-0.25, -0.2) is 4.98 Å². The molecule has 2 bridgehead atoms. The number of carbonyl (C=O) groups excluding carboxylic acids is 1. The SMILES string of the molecule is CC(=O)c1c2ccnc1OCCCCc1ccccc1CCCCO2. The summed E-state index contributed by atoms with van der Waals surface area (Å²) in [4.78, 5) is 16.3. The molecule has 2 heterocycles. The first-order valence-electron chi connectivity index (χ1n) is 9.08. The van der Waals surface area contributed by atoms with E-state index in [0.717, 1.165) is 38.5 Å². The van der Waals surface area contributed by atoms with Crippen LogP contribution in [0.15, 0.2) is 36.5 Å². The number of carbonyl (C=O) groups is 1. The van der Waals surface area contributed by atoms with Crippen LogP contribution in [0.4, 0.5) is 0 Å². The average molecular weight is 339 g/mol. The van der Waals surface area contributed by atoms with Crippen molar-refractivity contribution in [3.63, 3.8) is 0 Å². The summed E-state index contributed by atoms with van der Waals surface area (Å²) in [6.07, 6.45) is 7.78. The molecule has 0 unspecified atom stereocenters. The second-order valence-corrected chi connectivity index (χ2v) is 6.43. The highest BCUT2D eigenvalue weighted by Gasteiger charge is 2.17. The van der Waals surface area contributed by atoms with Gasteiger partial charge in [0.1, 0.15) is 11.3 Å². The summed E-state index contributed by atoms with van der Waals surface area (Å²) in [5.41, 5.74) is 3.33. The first-order valence-corrected chi connectivity index (χ1v) is 9.08. The molecule has 4 heteroatoms. The van der Waals surface area contributed by atoms with Gasteiger partial charge in [-0.1, -0.05) is 24.3 Å². The highest BCUT2D eigenvalue weighted by atomic mass is 16.5. The molecule has 0 aliphatic carbocycles. The molecule has 25 heavy (non-hydrogen) atoms. The molecule has 1 aromatic heterocycles. The predicted molar refractivity (Wildman–Crippen MR) is 97.5 cm³/mol. The van der Waals surface area contributed by atoms with Crippen LogP contribution in [-0.4, -0.2) is 24.0 Å². The molecule has 2 aromatic rings. The smallest absolute Gasteiger partial charge is 0.228 e. The largest absolute Gasteiger partial charge is 0.493 e. The second kappa shape index (κ2) is 8.65. The summed E-state index contributed by atoms with van der Waals surface area (Å²) in [6, 6.07) is 10.4. The molecule has 1 aliphatic rings. The number of fused-ring (bicyclic) bond motifs is 3. The molecule has 1 aliphatic heterocycles. The summed E-state index contributed by atoms with van der Waals surface area (Å²) >= 11 is 0. The van der Waals surface area contributed by atoms with Crippen molar-refractivity contribution < 1.29 is 14.3 Å². The van der Waals surface area contributed by atoms with Crippen molar-refractivity contribution in [2.24, 2.45) is 0 Å². The lowest BCUT2D eigenvalue weighted by molar-refractivity contribution is 0.100. The number of Topliss-reactive ketones (excluding diaryl/α,β-unsaturated/α-hetero) is 1. The summed E-state index contributed by atoms with van der Waals surface area (Å²) in [6.45, 7) is 2.67. The number of hydrogen-bond donors (Lipinski definition) is 0. The number of rotatable bonds is 1. The van der Waals surface area contributed by atoms with Crippen molar-refractivity contribution in [1.82, 2.24) is 4.98 Å². The Labute approximate surface area is 149 Å². The van der Waals surface area contributed by atoms with E-state index >= 15 is 0 Å². The van der Waals surface area contributed by atoms with Crippen LogP contribution < -0.4 is 9.47 Å². The Morgan fingerprint density at radius 1 is 0.920 bits per heavy atom. The Bertz CT molecular complexity index is 676. The predicted octanol–water partition coefficient (Wildman–Crippen LogP) is 4.40. The standard InChI is InChI=1S/C21H25NO3/c1-16(23)20-19-12-13-22-21(20)25-15-7-5-11-18-9-3-2-8-17(18)10-4-6-14-24-19/h2-3,8-9,12-13H,4-7,10-11,14-15H2,1H3. The molecule has 0 spiro atoms. The van der Waals surface area contributed by atoms with Gasteiger partial charge in [0.15, 0.2) is 5.78 Å². The Kier molecular flexibility index (Phi) is 6.04. The zero-order valence-electron chi connectivity index (χ0n) is 14.8. The summed E-state index contributed by atoms with van der Waals surface area (Å²) < 4.78 is 11.7. The first-order chi connectivity index (χ1) is 12.3. The highest BCUT2D eigenvalue weighted by Crippen LogP contribution is 2.27. The zero-order valence-corrected chi connectivity index (χ0v) is 14.8. The summed E-state index contributed by atoms with van der Waals surface area (Å²) in [5.74, 6) is 0.892. The van der Waals surface area contributed by atoms with E-state index in [9.17, 15) is 4.79 Å². The van der Waals surface area contributed by atoms with Crippen LogP contribution in [0.5, 0.6) is 11.6 Å². The van der Waals surface area contributed by atoms with E-state index in [1.165, 1.54) is 18.1 Å². The topological polar surface area (TPSA) is 48.4 Å². The number of aromatic nitrogens is 1. The molecule has 0 atom stereocenters. The van der Waals surface area contributed by atoms with Gasteiger partial charge >= 0.3 is 0 Å². The molecule has 132 valence electrons. The lowest BCUT2D eigenvalue weighted by Gasteiger charge is -2.13. The molecule has 0 radical (unpaired) electrons. The minimum atomic E-state index is -0.0742. The maximum absolute atomic E-state index is 12.0. The van der Waals surface area contributed by atoms with Gasteiger partial charge in [-0.2, -0.15) is 0 Å². The van der Waals surface area contributed by atoms with E-state index in [1.807, 2.05) is 0 Å². The van der Waals surface area contributed by atoms with E-state index in [4.69, 9.17) is 9.47 Å². The van der Waals surface area contributed by atoms with E-state index in [1.54, 1.807) is 12.3 Å². The third kappa shape index (κ3) is 4.59. The molecule has 3 rings (SSSR count). The molecule has 0 saturated heterocycles. The Morgan fingerprint density at radius 2 is 1.56 bits per heavy atom. The van der Waals surface area contributed by atoms with Gasteiger partial charge in [-0.15, -0.1) is 0 Å². The van der Waals surface area contributed by atoms with Crippen molar-refractivity contribution in [3.05, 3.63) is 53.2 Å². The zero-order chi connectivity index (χ0) is 17.5. The molecular weight excluding hydrogens is 314 g/mol. The molecule has 0 saturated carbocycles. The van der Waals surface area contributed by atoms with E-state index < -0.39 is 0 Å². The first kappa shape index (κ1) is 17.5. The van der Waals surface area contributed by atoms with Crippen molar-refractivity contribution in [2.75, 3.05) is 13.2 Å². The van der Waals surface area contributed by atoms with Crippen LogP contribution in [0.3, 0.4) is 0 Å². The number of pyridine rings is 1. The van der Waals surface area contributed by atoms with Crippen molar-refractivity contribution in [1.29, 1.82) is 0 Å². The lowest BCUT2D eigenvalue weighted by atomic mass is 9.98. The van der Waals surface area contributed by atoms with Gasteiger partial charge in [-0.05, 0) is 62.6 Å². The Morgan fingerprint density at radius 3 is 2.20 bits per heavy atom. The van der Waals surface area contributed by atoms with Crippen molar-refractivity contribution in [3.8, 4) is 11.6 Å². The Hall–Kier alpha value is -2.36. The normalized spacial score (nSPS) is 15.7. The lowest BCUT2D eigenvalue weighted by Crippen LogP contribution is -2.08. The van der Waals surface area contributed by atoms with Gasteiger partial charge in [0.05, 0.1) is 13.2 Å². The fourth-order valence-corrected chi connectivity index (χ4v) is 3.21. The van der Waals surface area contributed by atoms with E-state index in [2.05, 4.69) is 29.2 Å². The monoisotopic (exact) mass is 339 g/mol. The van der Waals surface area contributed by atoms with Crippen LogP contribution in [0.1, 0.15) is 54.1 Å². The van der Waals surface area contributed by atoms with Gasteiger partial charge in [0.25, 0.3) is 0 Å². The van der Waals surface area contributed by atoms with E-state index in [0.29, 0.717) is 30.4 Å². The van der Waals surface area contributed by atoms with Crippen molar-refractivity contribution in [2.45, 2.75) is 45.4 Å². The van der Waals surface area contributed by atoms with Crippen LogP contribution in [0.25, 0.3) is 0 Å². The van der Waals surface area contributed by atoms with Gasteiger partial charge in [0.2, 0.25) is 5.88 Å². The van der Waals surface area contributed by atoms with Crippen LogP contribution in [0.2, 0.25) is 0 Å². The molecule has 0 amide bonds. The second-order valence-electron chi connectivity index (χ2n) is 6.43. The van der Waals surface area contributed by atoms with Gasteiger partial charge in [0, 0.05) is 6.20 Å². The number of ether oxygens (including phenoxy) is 2. The quantitative estimate of drug-likeness (QED) is 0.723. The Balaban J connectivity index is 1.77.